The van der Waals surface area contributed by atoms with Crippen molar-refractivity contribution in [3.63, 3.8) is 0 Å². The molecule has 9 nitrogen and oxygen atoms in total. The molecule has 5 rings (SSSR count). The molecule has 242 valence electrons. The van der Waals surface area contributed by atoms with Gasteiger partial charge in [0.25, 0.3) is 11.8 Å². The zero-order valence-electron chi connectivity index (χ0n) is 26.0. The highest BCUT2D eigenvalue weighted by Crippen LogP contribution is 2.37. The van der Waals surface area contributed by atoms with Crippen molar-refractivity contribution in [2.75, 3.05) is 24.9 Å². The third-order valence-electron chi connectivity index (χ3n) is 6.95. The molecule has 0 spiro atoms. The Kier molecular flexibility index (Phi) is 11.5. The highest BCUT2D eigenvalue weighted by Gasteiger charge is 2.23. The SMILES string of the molecule is COc1ccc(OC)c(/C=C(\NC(=O)c2ccccc2)C(=O)Nc2ccc(SC(C(=O)Nc3ccc(Cl)cn3)c3ccccc3)cc2)c1. The molecular weight excluding hydrogens is 648 g/mol. The van der Waals surface area contributed by atoms with Crippen LogP contribution in [-0.2, 0) is 9.59 Å². The average Bonchev–Trinajstić information content (AvgIpc) is 3.12. The van der Waals surface area contributed by atoms with Crippen LogP contribution in [0.1, 0.15) is 26.7 Å². The minimum Gasteiger partial charge on any atom is -0.497 e. The summed E-state index contributed by atoms with van der Waals surface area (Å²) in [7, 11) is 3.05. The molecular formula is C37H31ClN4O5S. The highest BCUT2D eigenvalue weighted by atomic mass is 35.5. The Bertz CT molecular complexity index is 1900. The Morgan fingerprint density at radius 1 is 0.812 bits per heavy atom. The van der Waals surface area contributed by atoms with Crippen molar-refractivity contribution in [3.8, 4) is 11.5 Å². The molecule has 11 heteroatoms. The van der Waals surface area contributed by atoms with Gasteiger partial charge in [0.05, 0.1) is 19.2 Å². The molecule has 0 saturated heterocycles. The second-order valence-electron chi connectivity index (χ2n) is 10.2. The Morgan fingerprint density at radius 2 is 1.52 bits per heavy atom. The van der Waals surface area contributed by atoms with Crippen LogP contribution >= 0.6 is 23.4 Å². The lowest BCUT2D eigenvalue weighted by atomic mass is 10.1. The van der Waals surface area contributed by atoms with Crippen LogP contribution in [0.25, 0.3) is 6.08 Å². The fourth-order valence-corrected chi connectivity index (χ4v) is 5.68. The molecule has 1 aromatic heterocycles. The quantitative estimate of drug-likeness (QED) is 0.0917. The van der Waals surface area contributed by atoms with E-state index in [1.54, 1.807) is 84.9 Å². The number of nitrogens with zero attached hydrogens (tertiary/aromatic N) is 1. The molecule has 1 unspecified atom stereocenters. The van der Waals surface area contributed by atoms with Crippen LogP contribution in [0.2, 0.25) is 5.02 Å². The van der Waals surface area contributed by atoms with Crippen molar-refractivity contribution in [1.82, 2.24) is 10.3 Å². The summed E-state index contributed by atoms with van der Waals surface area (Å²) in [6.07, 6.45) is 3.00. The van der Waals surface area contributed by atoms with Crippen molar-refractivity contribution < 1.29 is 23.9 Å². The second-order valence-corrected chi connectivity index (χ2v) is 11.8. The summed E-state index contributed by atoms with van der Waals surface area (Å²) in [6, 6.07) is 33.5. The van der Waals surface area contributed by atoms with Crippen molar-refractivity contribution in [2.24, 2.45) is 0 Å². The largest absolute Gasteiger partial charge is 0.497 e. The van der Waals surface area contributed by atoms with E-state index >= 15 is 0 Å². The lowest BCUT2D eigenvalue weighted by Crippen LogP contribution is -2.30. The minimum absolute atomic E-state index is 0.00882. The van der Waals surface area contributed by atoms with Crippen LogP contribution in [0, 0.1) is 0 Å². The summed E-state index contributed by atoms with van der Waals surface area (Å²) in [5.74, 6) is 0.164. The Morgan fingerprint density at radius 3 is 2.17 bits per heavy atom. The van der Waals surface area contributed by atoms with E-state index < -0.39 is 17.1 Å². The van der Waals surface area contributed by atoms with E-state index in [1.165, 1.54) is 38.3 Å². The fraction of sp³-hybridized carbons (Fsp3) is 0.0811. The number of thioether (sulfide) groups is 1. The number of hydrogen-bond acceptors (Lipinski definition) is 7. The lowest BCUT2D eigenvalue weighted by molar-refractivity contribution is -0.116. The molecule has 0 fully saturated rings. The maximum atomic E-state index is 13.6. The molecule has 0 radical (unpaired) electrons. The van der Waals surface area contributed by atoms with E-state index in [2.05, 4.69) is 20.9 Å². The zero-order chi connectivity index (χ0) is 33.9. The predicted octanol–water partition coefficient (Wildman–Crippen LogP) is 7.63. The van der Waals surface area contributed by atoms with Crippen molar-refractivity contribution in [2.45, 2.75) is 10.1 Å². The van der Waals surface area contributed by atoms with Crippen molar-refractivity contribution in [1.29, 1.82) is 0 Å². The molecule has 1 heterocycles. The summed E-state index contributed by atoms with van der Waals surface area (Å²) >= 11 is 7.29. The standard InChI is InChI=1S/C37H31ClN4O5S/c1-46-29-16-19-32(47-2)26(21-29)22-31(41-35(43)25-11-7-4-8-12-25)36(44)40-28-14-17-30(18-15-28)48-34(24-9-5-3-6-10-24)37(45)42-33-20-13-27(38)23-39-33/h3-23,34H,1-2H3,(H,40,44)(H,41,43)(H,39,42,45)/b31-22-. The normalized spacial score (nSPS) is 11.6. The molecule has 3 amide bonds. The minimum atomic E-state index is -0.593. The fourth-order valence-electron chi connectivity index (χ4n) is 4.54. The molecule has 0 aliphatic heterocycles. The van der Waals surface area contributed by atoms with Crippen LogP contribution in [0.15, 0.2) is 132 Å². The van der Waals surface area contributed by atoms with E-state index in [9.17, 15) is 14.4 Å². The second kappa shape index (κ2) is 16.3. The predicted molar refractivity (Wildman–Crippen MR) is 189 cm³/mol. The van der Waals surface area contributed by atoms with Crippen molar-refractivity contribution in [3.05, 3.63) is 149 Å². The number of carbonyl (C=O) groups is 3. The third-order valence-corrected chi connectivity index (χ3v) is 8.44. The van der Waals surface area contributed by atoms with Crippen LogP contribution in [0.5, 0.6) is 11.5 Å². The Balaban J connectivity index is 1.36. The van der Waals surface area contributed by atoms with Crippen LogP contribution in [0.3, 0.4) is 0 Å². The van der Waals surface area contributed by atoms with E-state index in [1.807, 2.05) is 30.3 Å². The van der Waals surface area contributed by atoms with Crippen molar-refractivity contribution >= 4 is 58.7 Å². The van der Waals surface area contributed by atoms with E-state index in [-0.39, 0.29) is 11.6 Å². The van der Waals surface area contributed by atoms with Gasteiger partial charge in [0.1, 0.15) is 28.3 Å². The first-order valence-electron chi connectivity index (χ1n) is 14.7. The molecule has 4 aromatic carbocycles. The van der Waals surface area contributed by atoms with Crippen LogP contribution in [-0.4, -0.2) is 36.9 Å². The van der Waals surface area contributed by atoms with Gasteiger partial charge in [-0.1, -0.05) is 60.1 Å². The van der Waals surface area contributed by atoms with Gasteiger partial charge in [0.15, 0.2) is 0 Å². The monoisotopic (exact) mass is 678 g/mol. The zero-order valence-corrected chi connectivity index (χ0v) is 27.5. The smallest absolute Gasteiger partial charge is 0.272 e. The number of pyridine rings is 1. The number of methoxy groups -OCH3 is 2. The number of hydrogen-bond donors (Lipinski definition) is 3. The average molecular weight is 679 g/mol. The molecule has 48 heavy (non-hydrogen) atoms. The van der Waals surface area contributed by atoms with Gasteiger partial charge < -0.3 is 25.4 Å². The maximum absolute atomic E-state index is 13.6. The van der Waals surface area contributed by atoms with Gasteiger partial charge in [0, 0.05) is 27.9 Å². The van der Waals surface area contributed by atoms with Gasteiger partial charge in [-0.25, -0.2) is 4.98 Å². The van der Waals surface area contributed by atoms with Gasteiger partial charge in [-0.05, 0) is 78.4 Å². The number of anilines is 2. The van der Waals surface area contributed by atoms with Gasteiger partial charge in [-0.2, -0.15) is 0 Å². The van der Waals surface area contributed by atoms with Gasteiger partial charge in [0.2, 0.25) is 5.91 Å². The van der Waals surface area contributed by atoms with Gasteiger partial charge in [-0.3, -0.25) is 14.4 Å². The molecule has 5 aromatic rings. The third kappa shape index (κ3) is 9.03. The molecule has 1 atom stereocenters. The van der Waals surface area contributed by atoms with Crippen LogP contribution < -0.4 is 25.4 Å². The topological polar surface area (TPSA) is 119 Å². The highest BCUT2D eigenvalue weighted by molar-refractivity contribution is 8.00. The Labute approximate surface area is 287 Å². The first-order chi connectivity index (χ1) is 23.3. The summed E-state index contributed by atoms with van der Waals surface area (Å²) < 4.78 is 10.8. The number of aromatic nitrogens is 1. The van der Waals surface area contributed by atoms with Gasteiger partial charge >= 0.3 is 0 Å². The molecule has 0 bridgehead atoms. The number of nitrogens with one attached hydrogen (secondary N) is 3. The first kappa shape index (κ1) is 33.8. The lowest BCUT2D eigenvalue weighted by Gasteiger charge is -2.17. The summed E-state index contributed by atoms with van der Waals surface area (Å²) in [6.45, 7) is 0. The van der Waals surface area contributed by atoms with Gasteiger partial charge in [-0.15, -0.1) is 11.8 Å². The molecule has 0 aliphatic carbocycles. The number of benzene rings is 4. The maximum Gasteiger partial charge on any atom is 0.272 e. The molecule has 0 aliphatic rings. The first-order valence-corrected chi connectivity index (χ1v) is 15.9. The summed E-state index contributed by atoms with van der Waals surface area (Å²) in [5.41, 5.74) is 2.20. The number of carbonyl (C=O) groups excluding carboxylic acids is 3. The number of halogens is 1. The molecule has 3 N–H and O–H groups in total. The number of ether oxygens (including phenoxy) is 2. The van der Waals surface area contributed by atoms with E-state index in [4.69, 9.17) is 21.1 Å². The van der Waals surface area contributed by atoms with E-state index in [0.717, 1.165) is 10.5 Å². The summed E-state index contributed by atoms with van der Waals surface area (Å²) in [4.78, 5) is 45.1. The number of rotatable bonds is 12. The Hall–Kier alpha value is -5.58. The van der Waals surface area contributed by atoms with E-state index in [0.29, 0.717) is 39.2 Å². The molecule has 0 saturated carbocycles. The van der Waals surface area contributed by atoms with Crippen LogP contribution in [0.4, 0.5) is 11.5 Å². The summed E-state index contributed by atoms with van der Waals surface area (Å²) in [5, 5.41) is 8.32. The number of amides is 3.